The second-order valence-electron chi connectivity index (χ2n) is 6.88. The Balaban J connectivity index is 2.00. The standard InChI is InChI=1S/C19H25N5O4/c1-11-14(12(2)23(5)21-11)9-22(4)18(25)15-13(3)28-17-16(15)19(26)24(10-20-17)7-8-27-6/h10H,7-9H2,1-6H3. The Labute approximate surface area is 162 Å². The summed E-state index contributed by atoms with van der Waals surface area (Å²) in [6.07, 6.45) is 1.41. The van der Waals surface area contributed by atoms with E-state index in [1.54, 1.807) is 30.7 Å². The molecule has 3 aromatic rings. The molecule has 0 aliphatic heterocycles. The van der Waals surface area contributed by atoms with Crippen LogP contribution in [0.5, 0.6) is 0 Å². The molecule has 0 saturated heterocycles. The summed E-state index contributed by atoms with van der Waals surface area (Å²) >= 11 is 0. The molecule has 0 N–H and O–H groups in total. The maximum atomic E-state index is 13.2. The average molecular weight is 387 g/mol. The first-order chi connectivity index (χ1) is 13.3. The number of ether oxygens (including phenoxy) is 1. The number of furan rings is 1. The van der Waals surface area contributed by atoms with Gasteiger partial charge in [0.2, 0.25) is 5.71 Å². The molecule has 0 spiro atoms. The van der Waals surface area contributed by atoms with Gasteiger partial charge in [-0.05, 0) is 20.8 Å². The van der Waals surface area contributed by atoms with Crippen molar-refractivity contribution in [3.8, 4) is 0 Å². The van der Waals surface area contributed by atoms with E-state index in [1.165, 1.54) is 10.9 Å². The quantitative estimate of drug-likeness (QED) is 0.637. The van der Waals surface area contributed by atoms with Crippen LogP contribution in [0.15, 0.2) is 15.5 Å². The third-order valence-electron chi connectivity index (χ3n) is 5.01. The number of carbonyl (C=O) groups is 1. The summed E-state index contributed by atoms with van der Waals surface area (Å²) in [6.45, 7) is 6.64. The number of methoxy groups -OCH3 is 1. The highest BCUT2D eigenvalue weighted by molar-refractivity contribution is 6.06. The molecule has 28 heavy (non-hydrogen) atoms. The van der Waals surface area contributed by atoms with E-state index in [1.807, 2.05) is 20.9 Å². The van der Waals surface area contributed by atoms with Crippen molar-refractivity contribution in [1.82, 2.24) is 24.2 Å². The normalized spacial score (nSPS) is 11.4. The lowest BCUT2D eigenvalue weighted by atomic mass is 10.1. The highest BCUT2D eigenvalue weighted by Crippen LogP contribution is 2.23. The Kier molecular flexibility index (Phi) is 5.37. The monoisotopic (exact) mass is 387 g/mol. The van der Waals surface area contributed by atoms with Crippen molar-refractivity contribution in [1.29, 1.82) is 0 Å². The molecule has 0 unspecified atom stereocenters. The summed E-state index contributed by atoms with van der Waals surface area (Å²) in [5, 5.41) is 4.59. The first kappa shape index (κ1) is 19.8. The summed E-state index contributed by atoms with van der Waals surface area (Å²) in [7, 11) is 5.13. The molecular formula is C19H25N5O4. The number of aryl methyl sites for hydroxylation is 3. The average Bonchev–Trinajstić information content (AvgIpc) is 3.11. The molecule has 0 aliphatic carbocycles. The molecule has 3 heterocycles. The van der Waals surface area contributed by atoms with Gasteiger partial charge in [-0.1, -0.05) is 0 Å². The molecule has 0 saturated carbocycles. The van der Waals surface area contributed by atoms with Crippen molar-refractivity contribution in [3.63, 3.8) is 0 Å². The third kappa shape index (κ3) is 3.33. The Bertz CT molecular complexity index is 1090. The molecule has 3 aromatic heterocycles. The second-order valence-corrected chi connectivity index (χ2v) is 6.88. The van der Waals surface area contributed by atoms with Gasteiger partial charge >= 0.3 is 0 Å². The lowest BCUT2D eigenvalue weighted by molar-refractivity contribution is 0.0784. The first-order valence-corrected chi connectivity index (χ1v) is 8.98. The fraction of sp³-hybridized carbons (Fsp3) is 0.474. The first-order valence-electron chi connectivity index (χ1n) is 8.98. The van der Waals surface area contributed by atoms with E-state index in [4.69, 9.17) is 9.15 Å². The van der Waals surface area contributed by atoms with Crippen LogP contribution in [0.2, 0.25) is 0 Å². The molecule has 0 radical (unpaired) electrons. The van der Waals surface area contributed by atoms with Crippen molar-refractivity contribution in [2.75, 3.05) is 20.8 Å². The van der Waals surface area contributed by atoms with E-state index in [2.05, 4.69) is 10.1 Å². The van der Waals surface area contributed by atoms with Crippen LogP contribution in [0.1, 0.15) is 33.1 Å². The summed E-state index contributed by atoms with van der Waals surface area (Å²) in [5.74, 6) is 0.0860. The Morgan fingerprint density at radius 1 is 1.32 bits per heavy atom. The smallest absolute Gasteiger partial charge is 0.265 e. The van der Waals surface area contributed by atoms with Crippen molar-refractivity contribution in [2.24, 2.45) is 7.05 Å². The maximum absolute atomic E-state index is 13.2. The van der Waals surface area contributed by atoms with E-state index in [9.17, 15) is 9.59 Å². The predicted octanol–water partition coefficient (Wildman–Crippen LogP) is 1.57. The zero-order chi connectivity index (χ0) is 20.6. The predicted molar refractivity (Wildman–Crippen MR) is 103 cm³/mol. The van der Waals surface area contributed by atoms with Crippen molar-refractivity contribution in [2.45, 2.75) is 33.9 Å². The number of amides is 1. The third-order valence-corrected chi connectivity index (χ3v) is 5.01. The Hall–Kier alpha value is -2.94. The van der Waals surface area contributed by atoms with E-state index < -0.39 is 0 Å². The highest BCUT2D eigenvalue weighted by Gasteiger charge is 2.26. The summed E-state index contributed by atoms with van der Waals surface area (Å²) < 4.78 is 13.8. The number of hydrogen-bond donors (Lipinski definition) is 0. The minimum absolute atomic E-state index is 0.168. The van der Waals surface area contributed by atoms with Gasteiger partial charge in [-0.3, -0.25) is 18.8 Å². The van der Waals surface area contributed by atoms with Gasteiger partial charge in [0.25, 0.3) is 11.5 Å². The van der Waals surface area contributed by atoms with E-state index in [0.29, 0.717) is 25.5 Å². The molecule has 9 nitrogen and oxygen atoms in total. The summed E-state index contributed by atoms with van der Waals surface area (Å²) in [4.78, 5) is 31.8. The van der Waals surface area contributed by atoms with Gasteiger partial charge in [0.05, 0.1) is 24.4 Å². The van der Waals surface area contributed by atoms with Crippen LogP contribution in [-0.2, 0) is 24.9 Å². The van der Waals surface area contributed by atoms with Gasteiger partial charge in [0.1, 0.15) is 17.5 Å². The number of carbonyl (C=O) groups excluding carboxylic acids is 1. The van der Waals surface area contributed by atoms with E-state index in [0.717, 1.165) is 17.0 Å². The summed E-state index contributed by atoms with van der Waals surface area (Å²) in [5.41, 5.74) is 2.96. The SMILES string of the molecule is COCCn1cnc2oc(C)c(C(=O)N(C)Cc3c(C)nn(C)c3C)c2c1=O. The minimum atomic E-state index is -0.315. The van der Waals surface area contributed by atoms with Gasteiger partial charge < -0.3 is 14.1 Å². The van der Waals surface area contributed by atoms with Crippen LogP contribution in [0.25, 0.3) is 11.1 Å². The fourth-order valence-corrected chi connectivity index (χ4v) is 3.29. The zero-order valence-corrected chi connectivity index (χ0v) is 17.1. The summed E-state index contributed by atoms with van der Waals surface area (Å²) in [6, 6.07) is 0. The number of aromatic nitrogens is 4. The second kappa shape index (κ2) is 7.59. The fourth-order valence-electron chi connectivity index (χ4n) is 3.29. The van der Waals surface area contributed by atoms with E-state index >= 15 is 0 Å². The van der Waals surface area contributed by atoms with Crippen molar-refractivity contribution in [3.05, 3.63) is 45.0 Å². The zero-order valence-electron chi connectivity index (χ0n) is 17.1. The topological polar surface area (TPSA) is 95.4 Å². The van der Waals surface area contributed by atoms with Crippen molar-refractivity contribution >= 4 is 17.0 Å². The van der Waals surface area contributed by atoms with Crippen LogP contribution < -0.4 is 5.56 Å². The van der Waals surface area contributed by atoms with Crippen LogP contribution in [0.4, 0.5) is 0 Å². The molecule has 150 valence electrons. The van der Waals surface area contributed by atoms with Gasteiger partial charge in [-0.25, -0.2) is 4.98 Å². The highest BCUT2D eigenvalue weighted by atomic mass is 16.5. The number of nitrogens with zero attached hydrogens (tertiary/aromatic N) is 5. The number of rotatable bonds is 6. The molecule has 3 rings (SSSR count). The molecule has 0 bridgehead atoms. The number of hydrogen-bond acceptors (Lipinski definition) is 6. The van der Waals surface area contributed by atoms with Gasteiger partial charge in [-0.2, -0.15) is 5.10 Å². The Morgan fingerprint density at radius 2 is 2.04 bits per heavy atom. The van der Waals surface area contributed by atoms with Crippen molar-refractivity contribution < 1.29 is 13.9 Å². The van der Waals surface area contributed by atoms with E-state index in [-0.39, 0.29) is 28.1 Å². The van der Waals surface area contributed by atoms with Gasteiger partial charge in [-0.15, -0.1) is 0 Å². The van der Waals surface area contributed by atoms with Crippen LogP contribution in [0, 0.1) is 20.8 Å². The molecule has 9 heteroatoms. The van der Waals surface area contributed by atoms with Crippen LogP contribution >= 0.6 is 0 Å². The minimum Gasteiger partial charge on any atom is -0.442 e. The molecule has 0 atom stereocenters. The maximum Gasteiger partial charge on any atom is 0.265 e. The van der Waals surface area contributed by atoms with Crippen LogP contribution in [-0.4, -0.2) is 50.9 Å². The number of fused-ring (bicyclic) bond motifs is 1. The molecule has 0 aromatic carbocycles. The largest absolute Gasteiger partial charge is 0.442 e. The van der Waals surface area contributed by atoms with Gasteiger partial charge in [0, 0.05) is 39.0 Å². The molecule has 1 amide bonds. The lowest BCUT2D eigenvalue weighted by Crippen LogP contribution is -2.29. The van der Waals surface area contributed by atoms with Crippen LogP contribution in [0.3, 0.4) is 0 Å². The molecule has 0 fully saturated rings. The Morgan fingerprint density at radius 3 is 2.64 bits per heavy atom. The molecular weight excluding hydrogens is 362 g/mol. The lowest BCUT2D eigenvalue weighted by Gasteiger charge is -2.17. The van der Waals surface area contributed by atoms with Gasteiger partial charge in [0.15, 0.2) is 0 Å². The molecule has 0 aliphatic rings.